The predicted octanol–water partition coefficient (Wildman–Crippen LogP) is 4.43. The fraction of sp³-hybridized carbons (Fsp3) is 0.143. The average molecular weight is 417 g/mol. The van der Waals surface area contributed by atoms with Crippen molar-refractivity contribution in [2.45, 2.75) is 13.3 Å². The highest BCUT2D eigenvalue weighted by molar-refractivity contribution is 9.10. The lowest BCUT2D eigenvalue weighted by atomic mass is 10.0. The van der Waals surface area contributed by atoms with Crippen molar-refractivity contribution < 1.29 is 8.78 Å². The van der Waals surface area contributed by atoms with Crippen LogP contribution in [0.25, 0.3) is 5.65 Å². The smallest absolute Gasteiger partial charge is 0.218 e. The van der Waals surface area contributed by atoms with Crippen molar-refractivity contribution in [2.75, 3.05) is 0 Å². The van der Waals surface area contributed by atoms with Gasteiger partial charge in [-0.3, -0.25) is 4.40 Å². The van der Waals surface area contributed by atoms with Crippen LogP contribution in [0.2, 0.25) is 0 Å². The maximum absolute atomic E-state index is 13.7. The second-order valence-electron chi connectivity index (χ2n) is 4.65. The van der Waals surface area contributed by atoms with E-state index in [0.29, 0.717) is 26.8 Å². The number of rotatable bonds is 2. The number of fused-ring (bicyclic) bond motifs is 1. The van der Waals surface area contributed by atoms with E-state index >= 15 is 0 Å². The Morgan fingerprint density at radius 1 is 1.24 bits per heavy atom. The lowest BCUT2D eigenvalue weighted by molar-refractivity contribution is 0.571. The van der Waals surface area contributed by atoms with E-state index in [1.807, 2.05) is 6.92 Å². The number of imidazole rings is 1. The number of hydrogen-bond donors (Lipinski definition) is 0. The highest BCUT2D eigenvalue weighted by Crippen LogP contribution is 2.24. The summed E-state index contributed by atoms with van der Waals surface area (Å²) in [5, 5.41) is 0. The van der Waals surface area contributed by atoms with Crippen molar-refractivity contribution in [2.24, 2.45) is 0 Å². The van der Waals surface area contributed by atoms with Crippen LogP contribution in [0.15, 0.2) is 33.6 Å². The molecule has 0 radical (unpaired) electrons. The highest BCUT2D eigenvalue weighted by atomic mass is 79.9. The van der Waals surface area contributed by atoms with Crippen molar-refractivity contribution in [1.29, 1.82) is 0 Å². The quantitative estimate of drug-likeness (QED) is 0.618. The molecule has 3 nitrogen and oxygen atoms in total. The van der Waals surface area contributed by atoms with E-state index in [2.05, 4.69) is 41.8 Å². The van der Waals surface area contributed by atoms with E-state index in [1.54, 1.807) is 6.07 Å². The van der Waals surface area contributed by atoms with Gasteiger partial charge in [-0.05, 0) is 62.0 Å². The summed E-state index contributed by atoms with van der Waals surface area (Å²) in [6, 6.07) is 3.17. The van der Waals surface area contributed by atoms with Gasteiger partial charge in [0.1, 0.15) is 10.4 Å². The molecule has 0 atom stereocenters. The van der Waals surface area contributed by atoms with Gasteiger partial charge in [0.15, 0.2) is 5.65 Å². The molecule has 1 aromatic carbocycles. The molecule has 0 aliphatic heterocycles. The molecule has 21 heavy (non-hydrogen) atoms. The molecule has 2 heterocycles. The molecule has 0 unspecified atom stereocenters. The van der Waals surface area contributed by atoms with Gasteiger partial charge < -0.3 is 0 Å². The normalized spacial score (nSPS) is 11.3. The third kappa shape index (κ3) is 2.72. The Hall–Kier alpha value is -1.34. The van der Waals surface area contributed by atoms with Crippen LogP contribution in [0.3, 0.4) is 0 Å². The Morgan fingerprint density at radius 3 is 2.76 bits per heavy atom. The fourth-order valence-electron chi connectivity index (χ4n) is 2.17. The molecule has 0 amide bonds. The summed E-state index contributed by atoms with van der Waals surface area (Å²) in [6.45, 7) is 1.89. The second-order valence-corrected chi connectivity index (χ2v) is 6.32. The minimum absolute atomic E-state index is 0.337. The van der Waals surface area contributed by atoms with Gasteiger partial charge in [-0.15, -0.1) is 0 Å². The molecule has 3 rings (SSSR count). The van der Waals surface area contributed by atoms with Crippen molar-refractivity contribution in [3.63, 3.8) is 0 Å². The standard InChI is InChI=1S/C14H9Br2F2N3/c1-7-2-9(15)10(17)3-8(7)4-11-14-19-5-13(18)21(14)6-12(16)20-11/h2-3,5-6H,4H2,1H3. The Balaban J connectivity index is 2.12. The molecule has 7 heteroatoms. The van der Waals surface area contributed by atoms with Crippen LogP contribution >= 0.6 is 31.9 Å². The number of nitrogens with zero attached hydrogens (tertiary/aromatic N) is 3. The summed E-state index contributed by atoms with van der Waals surface area (Å²) in [5.74, 6) is -0.802. The molecule has 108 valence electrons. The van der Waals surface area contributed by atoms with Crippen LogP contribution in [-0.4, -0.2) is 14.4 Å². The number of halogens is 4. The van der Waals surface area contributed by atoms with Crippen LogP contribution in [0, 0.1) is 18.7 Å². The number of benzene rings is 1. The van der Waals surface area contributed by atoms with Crippen molar-refractivity contribution in [1.82, 2.24) is 14.4 Å². The first-order valence-electron chi connectivity index (χ1n) is 6.08. The topological polar surface area (TPSA) is 30.2 Å². The Kier molecular flexibility index (Phi) is 3.79. The molecule has 2 aromatic heterocycles. The van der Waals surface area contributed by atoms with E-state index in [0.717, 1.165) is 17.3 Å². The average Bonchev–Trinajstić information content (AvgIpc) is 2.78. The lowest BCUT2D eigenvalue weighted by Crippen LogP contribution is -2.02. The van der Waals surface area contributed by atoms with Gasteiger partial charge in [0.05, 0.1) is 16.4 Å². The first-order chi connectivity index (χ1) is 9.95. The SMILES string of the molecule is Cc1cc(Br)c(F)cc1Cc1nc(Br)cn2c(F)cnc12. The van der Waals surface area contributed by atoms with Gasteiger partial charge in [0.2, 0.25) is 5.95 Å². The van der Waals surface area contributed by atoms with Crippen molar-refractivity contribution in [3.8, 4) is 0 Å². The number of aromatic nitrogens is 3. The molecule has 0 N–H and O–H groups in total. The molecular weight excluding hydrogens is 408 g/mol. The van der Waals surface area contributed by atoms with Gasteiger partial charge in [0.25, 0.3) is 0 Å². The first kappa shape index (κ1) is 14.6. The third-order valence-electron chi connectivity index (χ3n) is 3.22. The summed E-state index contributed by atoms with van der Waals surface area (Å²) < 4.78 is 29.6. The molecule has 0 fully saturated rings. The second kappa shape index (κ2) is 5.46. The Bertz CT molecular complexity index is 846. The van der Waals surface area contributed by atoms with E-state index in [1.165, 1.54) is 16.7 Å². The summed E-state index contributed by atoms with van der Waals surface area (Å²) in [4.78, 5) is 8.36. The molecule has 0 saturated heterocycles. The van der Waals surface area contributed by atoms with Crippen LogP contribution in [-0.2, 0) is 6.42 Å². The lowest BCUT2D eigenvalue weighted by Gasteiger charge is -2.09. The van der Waals surface area contributed by atoms with Crippen LogP contribution in [0.1, 0.15) is 16.8 Å². The van der Waals surface area contributed by atoms with Gasteiger partial charge in [-0.25, -0.2) is 14.4 Å². The first-order valence-corrected chi connectivity index (χ1v) is 7.67. The third-order valence-corrected chi connectivity index (χ3v) is 4.21. The van der Waals surface area contributed by atoms with E-state index in [4.69, 9.17) is 0 Å². The summed E-state index contributed by atoms with van der Waals surface area (Å²) in [6.07, 6.45) is 3.02. The zero-order valence-electron chi connectivity index (χ0n) is 10.9. The van der Waals surface area contributed by atoms with E-state index in [-0.39, 0.29) is 5.82 Å². The maximum atomic E-state index is 13.7. The van der Waals surface area contributed by atoms with Crippen LogP contribution in [0.4, 0.5) is 8.78 Å². The molecule has 0 saturated carbocycles. The van der Waals surface area contributed by atoms with Crippen LogP contribution < -0.4 is 0 Å². The Labute approximate surface area is 136 Å². The Morgan fingerprint density at radius 2 is 2.00 bits per heavy atom. The van der Waals surface area contributed by atoms with E-state index in [9.17, 15) is 8.78 Å². The summed E-state index contributed by atoms with van der Waals surface area (Å²) >= 11 is 6.41. The summed E-state index contributed by atoms with van der Waals surface area (Å²) in [7, 11) is 0. The molecular formula is C14H9Br2F2N3. The van der Waals surface area contributed by atoms with E-state index < -0.39 is 5.95 Å². The minimum atomic E-state index is -0.465. The zero-order chi connectivity index (χ0) is 15.1. The van der Waals surface area contributed by atoms with Crippen molar-refractivity contribution >= 4 is 37.5 Å². The molecule has 0 aliphatic rings. The monoisotopic (exact) mass is 415 g/mol. The number of aryl methyl sites for hydroxylation is 1. The molecule has 0 spiro atoms. The highest BCUT2D eigenvalue weighted by Gasteiger charge is 2.13. The van der Waals surface area contributed by atoms with Gasteiger partial charge in [-0.1, -0.05) is 0 Å². The molecule has 3 aromatic rings. The maximum Gasteiger partial charge on any atom is 0.218 e. The van der Waals surface area contributed by atoms with Crippen molar-refractivity contribution in [3.05, 3.63) is 62.2 Å². The summed E-state index contributed by atoms with van der Waals surface area (Å²) in [5.41, 5.74) is 2.72. The molecule has 0 aliphatic carbocycles. The van der Waals surface area contributed by atoms with Crippen LogP contribution in [0.5, 0.6) is 0 Å². The van der Waals surface area contributed by atoms with Gasteiger partial charge >= 0.3 is 0 Å². The largest absolute Gasteiger partial charge is 0.272 e. The minimum Gasteiger partial charge on any atom is -0.272 e. The fourth-order valence-corrected chi connectivity index (χ4v) is 3.04. The zero-order valence-corrected chi connectivity index (χ0v) is 14.0. The van der Waals surface area contributed by atoms with Gasteiger partial charge in [-0.2, -0.15) is 4.39 Å². The predicted molar refractivity (Wildman–Crippen MR) is 82.3 cm³/mol. The number of hydrogen-bond acceptors (Lipinski definition) is 2. The van der Waals surface area contributed by atoms with Gasteiger partial charge in [0, 0.05) is 12.6 Å². The molecule has 0 bridgehead atoms.